The van der Waals surface area contributed by atoms with Crippen LogP contribution in [0.5, 0.6) is 0 Å². The Morgan fingerprint density at radius 2 is 0.812 bits per heavy atom. The maximum Gasteiger partial charge on any atom is -0.00261 e. The predicted octanol–water partition coefficient (Wildman–Crippen LogP) is 3.60. The summed E-state index contributed by atoms with van der Waals surface area (Å²) in [6.45, 7) is 0. The Bertz CT molecular complexity index is 1910. The van der Waals surface area contributed by atoms with Gasteiger partial charge < -0.3 is 0 Å². The van der Waals surface area contributed by atoms with E-state index in [9.17, 15) is 0 Å². The minimum atomic E-state index is 1.32. The number of hydrogen-bond donors (Lipinski definition) is 0. The van der Waals surface area contributed by atoms with Crippen molar-refractivity contribution in [3.63, 3.8) is 0 Å². The van der Waals surface area contributed by atoms with Crippen LogP contribution in [0.1, 0.15) is 22.3 Å². The van der Waals surface area contributed by atoms with Crippen LogP contribution in [0.25, 0.3) is 35.5 Å². The summed E-state index contributed by atoms with van der Waals surface area (Å²) >= 11 is 0. The number of allylic oxidation sites excluding steroid dienone is 4. The van der Waals surface area contributed by atoms with Gasteiger partial charge in [0.05, 0.1) is 0 Å². The molecule has 0 atom stereocenters. The first kappa shape index (κ1) is 16.5. The van der Waals surface area contributed by atoms with Crippen molar-refractivity contribution < 1.29 is 0 Å². The van der Waals surface area contributed by atoms with E-state index < -0.39 is 0 Å². The molecule has 0 heteroatoms. The summed E-state index contributed by atoms with van der Waals surface area (Å²) < 4.78 is 0. The van der Waals surface area contributed by atoms with Crippen molar-refractivity contribution in [3.8, 4) is 0 Å². The van der Waals surface area contributed by atoms with Crippen molar-refractivity contribution in [1.29, 1.82) is 0 Å². The SMILES string of the molecule is C1=C(C2=CC=c3ccc4c(c32)C=c2ccccc2=4)c2c3c(ccc2=C1)=c1ccccc1=C3. The molecule has 0 spiro atoms. The van der Waals surface area contributed by atoms with Crippen LogP contribution >= 0.6 is 0 Å². The van der Waals surface area contributed by atoms with Gasteiger partial charge in [0.15, 0.2) is 0 Å². The van der Waals surface area contributed by atoms with E-state index in [1.165, 1.54) is 75.1 Å². The zero-order valence-electron chi connectivity index (χ0n) is 17.4. The third-order valence-electron chi connectivity index (χ3n) is 7.35. The van der Waals surface area contributed by atoms with E-state index in [0.717, 1.165) is 0 Å². The van der Waals surface area contributed by atoms with Crippen LogP contribution in [0.15, 0.2) is 84.9 Å². The molecule has 0 aliphatic heterocycles. The summed E-state index contributed by atoms with van der Waals surface area (Å²) in [5.41, 5.74) is 8.15. The van der Waals surface area contributed by atoms with Gasteiger partial charge in [0, 0.05) is 0 Å². The average molecular weight is 402 g/mol. The Balaban J connectivity index is 1.40. The van der Waals surface area contributed by atoms with Crippen LogP contribution in [0.4, 0.5) is 0 Å². The molecule has 4 aromatic carbocycles. The van der Waals surface area contributed by atoms with Gasteiger partial charge in [-0.05, 0) is 87.3 Å². The van der Waals surface area contributed by atoms with Gasteiger partial charge in [-0.1, -0.05) is 97.1 Å². The van der Waals surface area contributed by atoms with Crippen LogP contribution in [0.2, 0.25) is 0 Å². The van der Waals surface area contributed by atoms with E-state index in [-0.39, 0.29) is 0 Å². The first-order chi connectivity index (χ1) is 15.9. The van der Waals surface area contributed by atoms with Gasteiger partial charge in [0.1, 0.15) is 0 Å². The summed E-state index contributed by atoms with van der Waals surface area (Å²) in [4.78, 5) is 0. The smallest absolute Gasteiger partial charge is 0.00261 e. The lowest BCUT2D eigenvalue weighted by Crippen LogP contribution is -2.10. The van der Waals surface area contributed by atoms with E-state index in [2.05, 4.69) is 109 Å². The summed E-state index contributed by atoms with van der Waals surface area (Å²) in [5, 5.41) is 10.6. The topological polar surface area (TPSA) is 0 Å². The van der Waals surface area contributed by atoms with Crippen LogP contribution in [-0.4, -0.2) is 0 Å². The molecule has 4 aliphatic carbocycles. The quantitative estimate of drug-likeness (QED) is 0.394. The molecule has 8 rings (SSSR count). The number of fused-ring (bicyclic) bond motifs is 8. The minimum absolute atomic E-state index is 1.32. The molecule has 32 heavy (non-hydrogen) atoms. The second-order valence-corrected chi connectivity index (χ2v) is 8.94. The molecular formula is C32H18. The molecule has 146 valence electrons. The van der Waals surface area contributed by atoms with Crippen LogP contribution in [-0.2, 0) is 0 Å². The summed E-state index contributed by atoms with van der Waals surface area (Å²) in [7, 11) is 0. The average Bonchev–Trinajstić information content (AvgIpc) is 3.58. The third-order valence-corrected chi connectivity index (χ3v) is 7.35. The van der Waals surface area contributed by atoms with Gasteiger partial charge in [-0.15, -0.1) is 0 Å². The zero-order chi connectivity index (χ0) is 20.8. The summed E-state index contributed by atoms with van der Waals surface area (Å²) in [5.74, 6) is 0. The normalized spacial score (nSPS) is 15.0. The fourth-order valence-corrected chi connectivity index (χ4v) is 5.93. The van der Waals surface area contributed by atoms with Gasteiger partial charge in [-0.3, -0.25) is 0 Å². The molecule has 0 heterocycles. The molecule has 4 aliphatic rings. The van der Waals surface area contributed by atoms with Gasteiger partial charge in [-0.2, -0.15) is 0 Å². The third kappa shape index (κ3) is 1.98. The molecule has 0 nitrogen and oxygen atoms in total. The lowest BCUT2D eigenvalue weighted by Gasteiger charge is -2.14. The Kier molecular flexibility index (Phi) is 2.97. The Morgan fingerprint density at radius 3 is 1.31 bits per heavy atom. The van der Waals surface area contributed by atoms with Crippen molar-refractivity contribution in [2.24, 2.45) is 0 Å². The second kappa shape index (κ2) is 5.75. The lowest BCUT2D eigenvalue weighted by molar-refractivity contribution is 1.43. The standard InChI is InChI=1S/C32H18/c1-3-7-23-21(5-1)17-29-25(23)13-9-19-11-15-27(31(19)29)28-16-12-20-10-14-26-24-8-4-2-6-22(24)18-30(26)32(20)28/h1-18H. The Morgan fingerprint density at radius 1 is 0.344 bits per heavy atom. The minimum Gasteiger partial charge on any atom is -0.0616 e. The second-order valence-electron chi connectivity index (χ2n) is 8.94. The first-order valence-corrected chi connectivity index (χ1v) is 11.2. The van der Waals surface area contributed by atoms with E-state index in [1.54, 1.807) is 0 Å². The fourth-order valence-electron chi connectivity index (χ4n) is 5.93. The van der Waals surface area contributed by atoms with Crippen molar-refractivity contribution in [2.75, 3.05) is 0 Å². The Labute approximate surface area is 184 Å². The maximum atomic E-state index is 2.37. The first-order valence-electron chi connectivity index (χ1n) is 11.2. The van der Waals surface area contributed by atoms with E-state index in [0.29, 0.717) is 0 Å². The van der Waals surface area contributed by atoms with Crippen LogP contribution in [0.3, 0.4) is 0 Å². The molecule has 0 saturated heterocycles. The van der Waals surface area contributed by atoms with Crippen molar-refractivity contribution in [1.82, 2.24) is 0 Å². The molecule has 0 bridgehead atoms. The monoisotopic (exact) mass is 402 g/mol. The maximum absolute atomic E-state index is 2.37. The van der Waals surface area contributed by atoms with Gasteiger partial charge >= 0.3 is 0 Å². The molecular weight excluding hydrogens is 384 g/mol. The highest BCUT2D eigenvalue weighted by Crippen LogP contribution is 2.37. The number of rotatable bonds is 1. The van der Waals surface area contributed by atoms with Gasteiger partial charge in [0.25, 0.3) is 0 Å². The molecule has 0 unspecified atom stereocenters. The predicted molar refractivity (Wildman–Crippen MR) is 132 cm³/mol. The van der Waals surface area contributed by atoms with Crippen molar-refractivity contribution in [2.45, 2.75) is 0 Å². The summed E-state index contributed by atoms with van der Waals surface area (Å²) in [6, 6.07) is 26.6. The Hall–Kier alpha value is -4.16. The van der Waals surface area contributed by atoms with E-state index in [4.69, 9.17) is 0 Å². The molecule has 0 amide bonds. The highest BCUT2D eigenvalue weighted by molar-refractivity contribution is 6.13. The molecule has 0 saturated carbocycles. The molecule has 0 radical (unpaired) electrons. The highest BCUT2D eigenvalue weighted by Gasteiger charge is 2.24. The molecule has 0 fully saturated rings. The summed E-state index contributed by atoms with van der Waals surface area (Å²) in [6.07, 6.45) is 13.9. The largest absolute Gasteiger partial charge is 0.0616 e. The van der Waals surface area contributed by atoms with E-state index in [1.807, 2.05) is 0 Å². The van der Waals surface area contributed by atoms with Gasteiger partial charge in [-0.25, -0.2) is 0 Å². The molecule has 4 aromatic rings. The highest BCUT2D eigenvalue weighted by atomic mass is 14.3. The van der Waals surface area contributed by atoms with Crippen LogP contribution < -0.4 is 20.9 Å². The van der Waals surface area contributed by atoms with Crippen molar-refractivity contribution in [3.05, 3.63) is 149 Å². The lowest BCUT2D eigenvalue weighted by atomic mass is 9.89. The van der Waals surface area contributed by atoms with Gasteiger partial charge in [0.2, 0.25) is 0 Å². The zero-order valence-corrected chi connectivity index (χ0v) is 17.4. The van der Waals surface area contributed by atoms with E-state index >= 15 is 0 Å². The van der Waals surface area contributed by atoms with Crippen molar-refractivity contribution >= 4 is 35.5 Å². The number of benzene rings is 4. The molecule has 0 aromatic heterocycles. The fraction of sp³-hybridized carbons (Fsp3) is 0. The molecule has 0 N–H and O–H groups in total. The number of hydrogen-bond acceptors (Lipinski definition) is 0. The van der Waals surface area contributed by atoms with Crippen LogP contribution in [0, 0.1) is 20.9 Å².